The molecule has 0 aliphatic carbocycles. The summed E-state index contributed by atoms with van der Waals surface area (Å²) in [5, 5.41) is 2.76. The van der Waals surface area contributed by atoms with E-state index in [1.807, 2.05) is 0 Å². The number of ether oxygens (including phenoxy) is 1. The summed E-state index contributed by atoms with van der Waals surface area (Å²) in [6.45, 7) is 1.42. The van der Waals surface area contributed by atoms with Crippen molar-refractivity contribution in [2.45, 2.75) is 24.3 Å². The van der Waals surface area contributed by atoms with Crippen LogP contribution in [0.5, 0.6) is 5.75 Å². The van der Waals surface area contributed by atoms with Gasteiger partial charge in [-0.2, -0.15) is 4.31 Å². The van der Waals surface area contributed by atoms with Crippen molar-refractivity contribution in [1.82, 2.24) is 14.6 Å². The van der Waals surface area contributed by atoms with Gasteiger partial charge in [0.25, 0.3) is 5.91 Å². The standard InChI is InChI=1S/C18H21N3O4S/c1-25-16-5-4-10-19-17(16)18(22)20-13-14-6-8-15(9-7-14)26(23,24)21-11-2-3-12-21/h4-10H,2-3,11-13H2,1H3,(H,20,22). The summed E-state index contributed by atoms with van der Waals surface area (Å²) in [7, 11) is -1.94. The van der Waals surface area contributed by atoms with E-state index < -0.39 is 10.0 Å². The molecule has 3 rings (SSSR count). The molecule has 1 aliphatic rings. The van der Waals surface area contributed by atoms with E-state index in [4.69, 9.17) is 4.74 Å². The molecule has 1 N–H and O–H groups in total. The highest BCUT2D eigenvalue weighted by Gasteiger charge is 2.26. The SMILES string of the molecule is COc1cccnc1C(=O)NCc1ccc(S(=O)(=O)N2CCCC2)cc1. The van der Waals surface area contributed by atoms with Crippen LogP contribution in [0, 0.1) is 0 Å². The number of amides is 1. The molecular weight excluding hydrogens is 354 g/mol. The Bertz CT molecular complexity index is 876. The molecule has 0 atom stereocenters. The Kier molecular flexibility index (Phi) is 5.53. The topological polar surface area (TPSA) is 88.6 Å². The molecule has 1 aromatic carbocycles. The first kappa shape index (κ1) is 18.3. The van der Waals surface area contributed by atoms with Gasteiger partial charge in [-0.05, 0) is 42.7 Å². The van der Waals surface area contributed by atoms with Crippen LogP contribution in [0.15, 0.2) is 47.5 Å². The zero-order valence-electron chi connectivity index (χ0n) is 14.5. The normalized spacial score (nSPS) is 15.0. The van der Waals surface area contributed by atoms with Crippen LogP contribution >= 0.6 is 0 Å². The predicted octanol–water partition coefficient (Wildman–Crippen LogP) is 1.80. The number of methoxy groups -OCH3 is 1. The summed E-state index contributed by atoms with van der Waals surface area (Å²) in [6.07, 6.45) is 3.33. The van der Waals surface area contributed by atoms with Crippen LogP contribution < -0.4 is 10.1 Å². The predicted molar refractivity (Wildman–Crippen MR) is 96.4 cm³/mol. The number of pyridine rings is 1. The van der Waals surface area contributed by atoms with E-state index in [0.717, 1.165) is 18.4 Å². The van der Waals surface area contributed by atoms with Crippen LogP contribution in [0.25, 0.3) is 0 Å². The fourth-order valence-electron chi connectivity index (χ4n) is 2.85. The van der Waals surface area contributed by atoms with Crippen molar-refractivity contribution in [2.75, 3.05) is 20.2 Å². The van der Waals surface area contributed by atoms with E-state index in [9.17, 15) is 13.2 Å². The lowest BCUT2D eigenvalue weighted by Crippen LogP contribution is -2.28. The van der Waals surface area contributed by atoms with Crippen LogP contribution in [0.1, 0.15) is 28.9 Å². The van der Waals surface area contributed by atoms with Gasteiger partial charge in [0, 0.05) is 25.8 Å². The lowest BCUT2D eigenvalue weighted by molar-refractivity contribution is 0.0942. The Balaban J connectivity index is 1.65. The lowest BCUT2D eigenvalue weighted by Gasteiger charge is -2.15. The van der Waals surface area contributed by atoms with Gasteiger partial charge in [-0.1, -0.05) is 12.1 Å². The Morgan fingerprint density at radius 3 is 2.54 bits per heavy atom. The van der Waals surface area contributed by atoms with Crippen molar-refractivity contribution in [3.63, 3.8) is 0 Å². The van der Waals surface area contributed by atoms with Crippen molar-refractivity contribution in [1.29, 1.82) is 0 Å². The van der Waals surface area contributed by atoms with Crippen molar-refractivity contribution in [3.05, 3.63) is 53.9 Å². The second-order valence-corrected chi connectivity index (χ2v) is 7.93. The molecule has 0 radical (unpaired) electrons. The molecule has 0 bridgehead atoms. The number of aromatic nitrogens is 1. The molecule has 0 unspecified atom stereocenters. The Morgan fingerprint density at radius 2 is 1.88 bits per heavy atom. The van der Waals surface area contributed by atoms with Gasteiger partial charge in [0.1, 0.15) is 5.75 Å². The second kappa shape index (κ2) is 7.84. The van der Waals surface area contributed by atoms with Gasteiger partial charge in [0.15, 0.2) is 5.69 Å². The zero-order valence-corrected chi connectivity index (χ0v) is 15.3. The molecule has 0 spiro atoms. The summed E-state index contributed by atoms with van der Waals surface area (Å²) in [5.74, 6) is 0.0493. The molecule has 1 fully saturated rings. The minimum Gasteiger partial charge on any atom is -0.494 e. The number of nitrogens with one attached hydrogen (secondary N) is 1. The summed E-state index contributed by atoms with van der Waals surface area (Å²) in [6, 6.07) is 9.93. The third-order valence-electron chi connectivity index (χ3n) is 4.28. The zero-order chi connectivity index (χ0) is 18.6. The Hall–Kier alpha value is -2.45. The first-order chi connectivity index (χ1) is 12.5. The molecule has 0 saturated carbocycles. The highest BCUT2D eigenvalue weighted by atomic mass is 32.2. The van der Waals surface area contributed by atoms with E-state index in [2.05, 4.69) is 10.3 Å². The van der Waals surface area contributed by atoms with Gasteiger partial charge >= 0.3 is 0 Å². The van der Waals surface area contributed by atoms with Crippen molar-refractivity contribution < 1.29 is 17.9 Å². The minimum absolute atomic E-state index is 0.211. The fraction of sp³-hybridized carbons (Fsp3) is 0.333. The van der Waals surface area contributed by atoms with E-state index in [-0.39, 0.29) is 23.0 Å². The van der Waals surface area contributed by atoms with Gasteiger partial charge in [-0.15, -0.1) is 0 Å². The maximum absolute atomic E-state index is 12.5. The first-order valence-electron chi connectivity index (χ1n) is 8.38. The van der Waals surface area contributed by atoms with Crippen LogP contribution in [-0.2, 0) is 16.6 Å². The molecular formula is C18H21N3O4S. The number of carbonyl (C=O) groups excluding carboxylic acids is 1. The highest BCUT2D eigenvalue weighted by molar-refractivity contribution is 7.89. The summed E-state index contributed by atoms with van der Waals surface area (Å²) in [5.41, 5.74) is 1.01. The average molecular weight is 375 g/mol. The molecule has 26 heavy (non-hydrogen) atoms. The van der Waals surface area contributed by atoms with Gasteiger partial charge in [0.05, 0.1) is 12.0 Å². The summed E-state index contributed by atoms with van der Waals surface area (Å²) < 4.78 is 31.6. The third kappa shape index (κ3) is 3.86. The number of rotatable bonds is 6. The van der Waals surface area contributed by atoms with Crippen molar-refractivity contribution >= 4 is 15.9 Å². The van der Waals surface area contributed by atoms with E-state index in [1.165, 1.54) is 17.6 Å². The van der Waals surface area contributed by atoms with E-state index in [0.29, 0.717) is 18.8 Å². The molecule has 7 nitrogen and oxygen atoms in total. The second-order valence-electron chi connectivity index (χ2n) is 5.99. The van der Waals surface area contributed by atoms with Crippen molar-refractivity contribution in [2.24, 2.45) is 0 Å². The molecule has 8 heteroatoms. The minimum atomic E-state index is -3.42. The molecule has 2 heterocycles. The highest BCUT2D eigenvalue weighted by Crippen LogP contribution is 2.21. The van der Waals surface area contributed by atoms with Crippen LogP contribution in [0.2, 0.25) is 0 Å². The number of hydrogen-bond acceptors (Lipinski definition) is 5. The largest absolute Gasteiger partial charge is 0.494 e. The van der Waals surface area contributed by atoms with Crippen LogP contribution in [-0.4, -0.2) is 43.8 Å². The smallest absolute Gasteiger partial charge is 0.274 e. The monoisotopic (exact) mass is 375 g/mol. The molecule has 138 valence electrons. The van der Waals surface area contributed by atoms with Gasteiger partial charge in [-0.3, -0.25) is 4.79 Å². The first-order valence-corrected chi connectivity index (χ1v) is 9.82. The molecule has 1 aliphatic heterocycles. The number of sulfonamides is 1. The maximum Gasteiger partial charge on any atom is 0.274 e. The maximum atomic E-state index is 12.5. The molecule has 2 aromatic rings. The quantitative estimate of drug-likeness (QED) is 0.832. The van der Waals surface area contributed by atoms with Crippen LogP contribution in [0.4, 0.5) is 0 Å². The van der Waals surface area contributed by atoms with E-state index in [1.54, 1.807) is 36.4 Å². The van der Waals surface area contributed by atoms with Gasteiger partial charge < -0.3 is 10.1 Å². The number of hydrogen-bond donors (Lipinski definition) is 1. The van der Waals surface area contributed by atoms with Crippen molar-refractivity contribution in [3.8, 4) is 5.75 Å². The molecule has 1 saturated heterocycles. The molecule has 1 aromatic heterocycles. The summed E-state index contributed by atoms with van der Waals surface area (Å²) in [4.78, 5) is 16.6. The van der Waals surface area contributed by atoms with Gasteiger partial charge in [-0.25, -0.2) is 13.4 Å². The fourth-order valence-corrected chi connectivity index (χ4v) is 4.37. The number of carbonyl (C=O) groups is 1. The number of benzene rings is 1. The Labute approximate surface area is 153 Å². The lowest BCUT2D eigenvalue weighted by atomic mass is 10.2. The third-order valence-corrected chi connectivity index (χ3v) is 6.20. The van der Waals surface area contributed by atoms with E-state index >= 15 is 0 Å². The number of nitrogens with zero attached hydrogens (tertiary/aromatic N) is 2. The Morgan fingerprint density at radius 1 is 1.19 bits per heavy atom. The average Bonchev–Trinajstić information content (AvgIpc) is 3.22. The molecule has 1 amide bonds. The summed E-state index contributed by atoms with van der Waals surface area (Å²) >= 11 is 0. The van der Waals surface area contributed by atoms with Crippen LogP contribution in [0.3, 0.4) is 0 Å². The van der Waals surface area contributed by atoms with Gasteiger partial charge in [0.2, 0.25) is 10.0 Å².